The highest BCUT2D eigenvalue weighted by Crippen LogP contribution is 2.38. The fraction of sp³-hybridized carbons (Fsp3) is 0.120. The summed E-state index contributed by atoms with van der Waals surface area (Å²) < 4.78 is 59.7. The molecule has 2 atom stereocenters. The van der Waals surface area contributed by atoms with Gasteiger partial charge in [-0.1, -0.05) is 54.6 Å². The third kappa shape index (κ3) is 5.81. The monoisotopic (exact) mass is 571 g/mol. The van der Waals surface area contributed by atoms with Crippen molar-refractivity contribution in [3.05, 3.63) is 101 Å². The van der Waals surface area contributed by atoms with Crippen LogP contribution in [0.4, 0.5) is 4.39 Å². The zero-order valence-electron chi connectivity index (χ0n) is 19.8. The van der Waals surface area contributed by atoms with Crippen LogP contribution in [-0.4, -0.2) is 33.7 Å². The molecule has 0 saturated carbocycles. The first-order valence-corrected chi connectivity index (χ1v) is 15.5. The molecule has 0 bridgehead atoms. The predicted molar refractivity (Wildman–Crippen MR) is 147 cm³/mol. The van der Waals surface area contributed by atoms with Gasteiger partial charge in [-0.15, -0.1) is 21.5 Å². The van der Waals surface area contributed by atoms with Crippen LogP contribution >= 0.6 is 11.3 Å². The lowest BCUT2D eigenvalue weighted by molar-refractivity contribution is 0.447. The summed E-state index contributed by atoms with van der Waals surface area (Å²) in [6, 6.07) is 21.7. The van der Waals surface area contributed by atoms with Gasteiger partial charge in [0.15, 0.2) is 5.25 Å². The Morgan fingerprint density at radius 2 is 1.74 bits per heavy atom. The van der Waals surface area contributed by atoms with Crippen LogP contribution in [-0.2, 0) is 32.0 Å². The van der Waals surface area contributed by atoms with Gasteiger partial charge in [-0.3, -0.25) is 4.21 Å². The molecule has 196 valence electrons. The van der Waals surface area contributed by atoms with E-state index in [1.165, 1.54) is 23.5 Å². The van der Waals surface area contributed by atoms with Crippen molar-refractivity contribution in [1.82, 2.24) is 19.9 Å². The molecule has 5 rings (SSSR count). The molecule has 0 amide bonds. The highest BCUT2D eigenvalue weighted by atomic mass is 32.2. The number of hydrogen-bond donors (Lipinski definition) is 2. The average molecular weight is 572 g/mol. The fourth-order valence-electron chi connectivity index (χ4n) is 3.91. The van der Waals surface area contributed by atoms with Gasteiger partial charge >= 0.3 is 0 Å². The third-order valence-electron chi connectivity index (χ3n) is 5.65. The van der Waals surface area contributed by atoms with E-state index in [1.54, 1.807) is 12.1 Å². The molecule has 0 fully saturated rings. The van der Waals surface area contributed by atoms with Gasteiger partial charge < -0.3 is 4.42 Å². The Morgan fingerprint density at radius 3 is 2.47 bits per heavy atom. The molecule has 38 heavy (non-hydrogen) atoms. The molecule has 2 unspecified atom stereocenters. The molecular weight excluding hydrogens is 550 g/mol. The summed E-state index contributed by atoms with van der Waals surface area (Å²) in [6.07, 6.45) is 0. The molecule has 0 saturated heterocycles. The molecule has 0 radical (unpaired) electrons. The summed E-state index contributed by atoms with van der Waals surface area (Å²) in [7, 11) is -7.20. The first-order valence-electron chi connectivity index (χ1n) is 11.2. The van der Waals surface area contributed by atoms with Gasteiger partial charge in [0.1, 0.15) is 10.8 Å². The standard InChI is InChI=1S/C25H22FN5O4S3/c1-37(32,15-18-9-5-6-10-19(18)26)23(24-31-30-22(35-24)14-28-38(27,33)34)25-29-20-12-11-17(13-21(20)36-25)16-7-3-2-4-8-16/h2-13,23,28H,1,14-15H2,(H2,27,33,34). The Morgan fingerprint density at radius 1 is 1.00 bits per heavy atom. The van der Waals surface area contributed by atoms with Crippen LogP contribution in [0.15, 0.2) is 77.2 Å². The lowest BCUT2D eigenvalue weighted by Crippen LogP contribution is -2.30. The minimum Gasteiger partial charge on any atom is -0.422 e. The number of nitrogens with two attached hydrogens (primary N) is 1. The summed E-state index contributed by atoms with van der Waals surface area (Å²) in [4.78, 5) is 4.70. The van der Waals surface area contributed by atoms with Crippen LogP contribution < -0.4 is 9.86 Å². The lowest BCUT2D eigenvalue weighted by Gasteiger charge is -2.17. The summed E-state index contributed by atoms with van der Waals surface area (Å²) >= 11 is 1.29. The average Bonchev–Trinajstić information content (AvgIpc) is 3.51. The normalized spacial score (nSPS) is 14.4. The first-order chi connectivity index (χ1) is 18.1. The van der Waals surface area contributed by atoms with Gasteiger partial charge in [-0.25, -0.2) is 14.5 Å². The van der Waals surface area contributed by atoms with E-state index in [1.807, 2.05) is 48.5 Å². The van der Waals surface area contributed by atoms with Crippen molar-refractivity contribution in [2.75, 3.05) is 0 Å². The van der Waals surface area contributed by atoms with Crippen molar-refractivity contribution in [3.8, 4) is 11.1 Å². The number of benzene rings is 3. The number of thiazole rings is 1. The molecule has 2 aromatic heterocycles. The predicted octanol–water partition coefficient (Wildman–Crippen LogP) is 3.78. The van der Waals surface area contributed by atoms with E-state index in [9.17, 15) is 17.0 Å². The Hall–Kier alpha value is -3.49. The van der Waals surface area contributed by atoms with E-state index in [2.05, 4.69) is 20.8 Å². The number of fused-ring (bicyclic) bond motifs is 1. The van der Waals surface area contributed by atoms with Crippen LogP contribution in [0.2, 0.25) is 0 Å². The summed E-state index contributed by atoms with van der Waals surface area (Å²) in [5.41, 5.74) is 2.91. The summed E-state index contributed by atoms with van der Waals surface area (Å²) in [5.74, 6) is 3.08. The second kappa shape index (κ2) is 10.3. The SMILES string of the molecule is C=S(=O)(Cc1ccccc1F)C(c1nnc(CNS(N)(=O)=O)o1)c1nc2ccc(-c3ccccc3)cc2s1. The fourth-order valence-corrected chi connectivity index (χ4v) is 7.69. The quantitative estimate of drug-likeness (QED) is 0.257. The minimum atomic E-state index is -4.00. The molecule has 0 aliphatic heterocycles. The van der Waals surface area contributed by atoms with E-state index in [-0.39, 0.29) is 29.6 Å². The first kappa shape index (κ1) is 26.1. The number of halogens is 1. The molecule has 2 heterocycles. The molecule has 13 heteroatoms. The highest BCUT2D eigenvalue weighted by Gasteiger charge is 2.33. The zero-order chi connectivity index (χ0) is 26.9. The number of aromatic nitrogens is 3. The zero-order valence-corrected chi connectivity index (χ0v) is 22.2. The second-order valence-corrected chi connectivity index (χ2v) is 13.4. The third-order valence-corrected chi connectivity index (χ3v) is 9.52. The number of nitrogens with zero attached hydrogens (tertiary/aromatic N) is 3. The van der Waals surface area contributed by atoms with Crippen molar-refractivity contribution in [1.29, 1.82) is 0 Å². The molecule has 9 nitrogen and oxygen atoms in total. The maximum atomic E-state index is 14.5. The number of rotatable bonds is 9. The van der Waals surface area contributed by atoms with Gasteiger partial charge in [0.05, 0.1) is 16.8 Å². The Balaban J connectivity index is 1.57. The summed E-state index contributed by atoms with van der Waals surface area (Å²) in [5, 5.41) is 12.2. The number of hydrogen-bond acceptors (Lipinski definition) is 8. The summed E-state index contributed by atoms with van der Waals surface area (Å²) in [6.45, 7) is -0.357. The molecular formula is C25H22FN5O4S3. The van der Waals surface area contributed by atoms with E-state index in [0.717, 1.165) is 15.8 Å². The Bertz CT molecular complexity index is 1820. The van der Waals surface area contributed by atoms with Crippen molar-refractivity contribution in [2.45, 2.75) is 17.5 Å². The van der Waals surface area contributed by atoms with Gasteiger partial charge in [0.2, 0.25) is 11.8 Å². The van der Waals surface area contributed by atoms with E-state index >= 15 is 0 Å². The van der Waals surface area contributed by atoms with Gasteiger partial charge in [-0.2, -0.15) is 13.1 Å². The van der Waals surface area contributed by atoms with E-state index in [0.29, 0.717) is 10.5 Å². The van der Waals surface area contributed by atoms with Crippen LogP contribution in [0.3, 0.4) is 0 Å². The Labute approximate surface area is 222 Å². The van der Waals surface area contributed by atoms with Crippen LogP contribution in [0.25, 0.3) is 21.3 Å². The van der Waals surface area contributed by atoms with Crippen LogP contribution in [0, 0.1) is 5.82 Å². The van der Waals surface area contributed by atoms with E-state index < -0.39 is 30.8 Å². The maximum absolute atomic E-state index is 14.5. The van der Waals surface area contributed by atoms with Crippen molar-refractivity contribution < 1.29 is 21.4 Å². The second-order valence-electron chi connectivity index (χ2n) is 8.49. The van der Waals surface area contributed by atoms with Crippen molar-refractivity contribution in [3.63, 3.8) is 0 Å². The van der Waals surface area contributed by atoms with Gasteiger partial charge in [0, 0.05) is 5.75 Å². The number of nitrogens with one attached hydrogen (secondary N) is 1. The molecule has 0 aliphatic rings. The molecule has 0 aliphatic carbocycles. The molecule has 3 N–H and O–H groups in total. The molecule has 3 aromatic carbocycles. The lowest BCUT2D eigenvalue weighted by atomic mass is 10.1. The largest absolute Gasteiger partial charge is 0.422 e. The van der Waals surface area contributed by atoms with Crippen molar-refractivity contribution in [2.24, 2.45) is 5.14 Å². The molecule has 5 aromatic rings. The highest BCUT2D eigenvalue weighted by molar-refractivity contribution is 8.00. The van der Waals surface area contributed by atoms with Crippen LogP contribution in [0.5, 0.6) is 0 Å². The minimum absolute atomic E-state index is 0.0742. The van der Waals surface area contributed by atoms with Crippen LogP contribution in [0.1, 0.15) is 27.6 Å². The topological polar surface area (TPSA) is 141 Å². The van der Waals surface area contributed by atoms with Gasteiger partial charge in [0.25, 0.3) is 10.2 Å². The Kier molecular flexibility index (Phi) is 7.11. The maximum Gasteiger partial charge on any atom is 0.274 e. The molecule has 0 spiro atoms. The van der Waals surface area contributed by atoms with Gasteiger partial charge in [-0.05, 0) is 50.3 Å². The van der Waals surface area contributed by atoms with E-state index in [4.69, 9.17) is 14.5 Å². The smallest absolute Gasteiger partial charge is 0.274 e. The van der Waals surface area contributed by atoms with Crippen molar-refractivity contribution >= 4 is 47.2 Å².